The third-order valence-corrected chi connectivity index (χ3v) is 1.74. The predicted molar refractivity (Wildman–Crippen MR) is 49.1 cm³/mol. The summed E-state index contributed by atoms with van der Waals surface area (Å²) < 4.78 is 4.51. The Labute approximate surface area is 76.7 Å². The van der Waals surface area contributed by atoms with E-state index >= 15 is 0 Å². The number of rotatable bonds is 2. The van der Waals surface area contributed by atoms with Crippen molar-refractivity contribution in [2.45, 2.75) is 13.3 Å². The average Bonchev–Trinajstić information content (AvgIpc) is 2.11. The summed E-state index contributed by atoms with van der Waals surface area (Å²) in [6.07, 6.45) is 0.192. The average molecular weight is 180 g/mol. The van der Waals surface area contributed by atoms with Crippen LogP contribution in [0.2, 0.25) is 0 Å². The normalized spacial score (nSPS) is 9.69. The molecule has 0 amide bonds. The first-order chi connectivity index (χ1) is 6.13. The number of esters is 1. The summed E-state index contributed by atoms with van der Waals surface area (Å²) in [6.45, 7) is 1.80. The number of aryl methyl sites for hydroxylation is 1. The van der Waals surface area contributed by atoms with Crippen LogP contribution >= 0.6 is 0 Å². The van der Waals surface area contributed by atoms with Gasteiger partial charge in [-0.15, -0.1) is 0 Å². The second kappa shape index (κ2) is 3.89. The third-order valence-electron chi connectivity index (χ3n) is 1.74. The Kier molecular flexibility index (Phi) is 2.84. The van der Waals surface area contributed by atoms with E-state index in [1.165, 1.54) is 7.11 Å². The lowest BCUT2D eigenvalue weighted by Gasteiger charge is -2.02. The van der Waals surface area contributed by atoms with Crippen molar-refractivity contribution in [1.82, 2.24) is 4.98 Å². The highest BCUT2D eigenvalue weighted by molar-refractivity contribution is 5.71. The van der Waals surface area contributed by atoms with E-state index in [0.717, 1.165) is 5.69 Å². The van der Waals surface area contributed by atoms with Crippen molar-refractivity contribution in [1.29, 1.82) is 0 Å². The van der Waals surface area contributed by atoms with Crippen molar-refractivity contribution < 1.29 is 9.53 Å². The van der Waals surface area contributed by atoms with Gasteiger partial charge in [-0.3, -0.25) is 9.78 Å². The second-order valence-corrected chi connectivity index (χ2v) is 2.73. The van der Waals surface area contributed by atoms with Crippen LogP contribution in [0, 0.1) is 6.92 Å². The number of ether oxygens (including phenoxy) is 1. The number of carbonyl (C=O) groups excluding carboxylic acids is 1. The molecule has 0 aromatic carbocycles. The summed E-state index contributed by atoms with van der Waals surface area (Å²) in [5.41, 5.74) is 7.62. The summed E-state index contributed by atoms with van der Waals surface area (Å²) in [5, 5.41) is 0. The van der Waals surface area contributed by atoms with Crippen LogP contribution in [0.5, 0.6) is 0 Å². The number of anilines is 1. The minimum atomic E-state index is -0.295. The first-order valence-corrected chi connectivity index (χ1v) is 3.92. The molecule has 0 unspecified atom stereocenters. The number of hydrogen-bond donors (Lipinski definition) is 1. The Morgan fingerprint density at radius 1 is 1.62 bits per heavy atom. The number of nitrogens with zero attached hydrogens (tertiary/aromatic N) is 1. The van der Waals surface area contributed by atoms with Gasteiger partial charge in [0, 0.05) is 0 Å². The van der Waals surface area contributed by atoms with Gasteiger partial charge in [-0.1, -0.05) is 0 Å². The van der Waals surface area contributed by atoms with Gasteiger partial charge in [-0.05, 0) is 19.1 Å². The summed E-state index contributed by atoms with van der Waals surface area (Å²) in [6, 6.07) is 3.46. The van der Waals surface area contributed by atoms with Crippen LogP contribution in [-0.4, -0.2) is 18.1 Å². The second-order valence-electron chi connectivity index (χ2n) is 2.73. The molecule has 0 aliphatic carbocycles. The topological polar surface area (TPSA) is 65.2 Å². The lowest BCUT2D eigenvalue weighted by atomic mass is 10.2. The molecule has 1 rings (SSSR count). The maximum absolute atomic E-state index is 10.9. The van der Waals surface area contributed by atoms with Crippen LogP contribution in [0.1, 0.15) is 11.4 Å². The molecule has 2 N–H and O–H groups in total. The van der Waals surface area contributed by atoms with Gasteiger partial charge in [0.15, 0.2) is 0 Å². The molecule has 4 nitrogen and oxygen atoms in total. The lowest BCUT2D eigenvalue weighted by Crippen LogP contribution is -2.07. The predicted octanol–water partition coefficient (Wildman–Crippen LogP) is 0.688. The molecule has 0 bridgehead atoms. The van der Waals surface area contributed by atoms with Gasteiger partial charge in [0.2, 0.25) is 0 Å². The van der Waals surface area contributed by atoms with Gasteiger partial charge < -0.3 is 10.5 Å². The third kappa shape index (κ3) is 2.43. The van der Waals surface area contributed by atoms with E-state index in [1.54, 1.807) is 19.1 Å². The fourth-order valence-electron chi connectivity index (χ4n) is 0.942. The molecular weight excluding hydrogens is 168 g/mol. The highest BCUT2D eigenvalue weighted by Crippen LogP contribution is 2.08. The summed E-state index contributed by atoms with van der Waals surface area (Å²) >= 11 is 0. The Morgan fingerprint density at radius 3 is 2.85 bits per heavy atom. The largest absolute Gasteiger partial charge is 0.469 e. The quantitative estimate of drug-likeness (QED) is 0.680. The van der Waals surface area contributed by atoms with Crippen LogP contribution in [0.25, 0.3) is 0 Å². The van der Waals surface area contributed by atoms with E-state index in [9.17, 15) is 4.79 Å². The van der Waals surface area contributed by atoms with Crippen molar-refractivity contribution in [3.05, 3.63) is 23.5 Å². The van der Waals surface area contributed by atoms with Crippen LogP contribution < -0.4 is 5.73 Å². The molecule has 1 aromatic heterocycles. The number of hydrogen-bond acceptors (Lipinski definition) is 4. The molecule has 0 radical (unpaired) electrons. The highest BCUT2D eigenvalue weighted by atomic mass is 16.5. The first kappa shape index (κ1) is 9.51. The van der Waals surface area contributed by atoms with E-state index in [1.807, 2.05) is 0 Å². The number of pyridine rings is 1. The lowest BCUT2D eigenvalue weighted by molar-refractivity contribution is -0.139. The minimum Gasteiger partial charge on any atom is -0.469 e. The fraction of sp³-hybridized carbons (Fsp3) is 0.333. The maximum atomic E-state index is 10.9. The van der Waals surface area contributed by atoms with E-state index in [2.05, 4.69) is 9.72 Å². The zero-order valence-electron chi connectivity index (χ0n) is 7.70. The van der Waals surface area contributed by atoms with Gasteiger partial charge in [-0.2, -0.15) is 0 Å². The molecule has 0 spiro atoms. The van der Waals surface area contributed by atoms with E-state index in [4.69, 9.17) is 5.73 Å². The van der Waals surface area contributed by atoms with Gasteiger partial charge >= 0.3 is 5.97 Å². The molecule has 1 aromatic rings. The smallest absolute Gasteiger partial charge is 0.311 e. The molecule has 0 fully saturated rings. The monoisotopic (exact) mass is 180 g/mol. The Bertz CT molecular complexity index is 323. The minimum absolute atomic E-state index is 0.192. The number of aromatic nitrogens is 1. The number of methoxy groups -OCH3 is 1. The Morgan fingerprint density at radius 2 is 2.31 bits per heavy atom. The van der Waals surface area contributed by atoms with E-state index in [0.29, 0.717) is 11.4 Å². The highest BCUT2D eigenvalue weighted by Gasteiger charge is 2.04. The number of carbonyl (C=O) groups is 1. The van der Waals surface area contributed by atoms with Crippen LogP contribution in [0.3, 0.4) is 0 Å². The SMILES string of the molecule is COC(=O)Cc1ccc(N)c(C)n1. The Hall–Kier alpha value is -1.58. The van der Waals surface area contributed by atoms with Gasteiger partial charge in [0.05, 0.1) is 30.6 Å². The molecule has 0 saturated carbocycles. The van der Waals surface area contributed by atoms with Gasteiger partial charge in [-0.25, -0.2) is 0 Å². The maximum Gasteiger partial charge on any atom is 0.311 e. The molecule has 1 heterocycles. The standard InChI is InChI=1S/C9H12N2O2/c1-6-8(10)4-3-7(11-6)5-9(12)13-2/h3-4H,5,10H2,1-2H3. The first-order valence-electron chi connectivity index (χ1n) is 3.92. The molecule has 13 heavy (non-hydrogen) atoms. The Balaban J connectivity index is 2.79. The zero-order chi connectivity index (χ0) is 9.84. The van der Waals surface area contributed by atoms with Crippen molar-refractivity contribution in [3.63, 3.8) is 0 Å². The summed E-state index contributed by atoms with van der Waals surface area (Å²) in [5.74, 6) is -0.295. The molecule has 0 saturated heterocycles. The number of nitrogens with two attached hydrogens (primary N) is 1. The van der Waals surface area contributed by atoms with Crippen molar-refractivity contribution in [2.75, 3.05) is 12.8 Å². The van der Waals surface area contributed by atoms with Crippen LogP contribution in [0.15, 0.2) is 12.1 Å². The summed E-state index contributed by atoms with van der Waals surface area (Å²) in [7, 11) is 1.35. The molecule has 0 atom stereocenters. The summed E-state index contributed by atoms with van der Waals surface area (Å²) in [4.78, 5) is 15.0. The molecule has 0 aliphatic heterocycles. The van der Waals surface area contributed by atoms with Crippen molar-refractivity contribution >= 4 is 11.7 Å². The zero-order valence-corrected chi connectivity index (χ0v) is 7.70. The van der Waals surface area contributed by atoms with E-state index < -0.39 is 0 Å². The van der Waals surface area contributed by atoms with Gasteiger partial charge in [0.1, 0.15) is 0 Å². The number of nitrogen functional groups attached to an aromatic ring is 1. The molecular formula is C9H12N2O2. The molecule has 4 heteroatoms. The van der Waals surface area contributed by atoms with E-state index in [-0.39, 0.29) is 12.4 Å². The van der Waals surface area contributed by atoms with Crippen molar-refractivity contribution in [2.24, 2.45) is 0 Å². The van der Waals surface area contributed by atoms with Crippen molar-refractivity contribution in [3.8, 4) is 0 Å². The van der Waals surface area contributed by atoms with Crippen LogP contribution in [-0.2, 0) is 16.0 Å². The fourth-order valence-corrected chi connectivity index (χ4v) is 0.942. The van der Waals surface area contributed by atoms with Crippen LogP contribution in [0.4, 0.5) is 5.69 Å². The van der Waals surface area contributed by atoms with Gasteiger partial charge in [0.25, 0.3) is 0 Å². The molecule has 70 valence electrons. The molecule has 0 aliphatic rings.